The van der Waals surface area contributed by atoms with E-state index in [1.807, 2.05) is 0 Å². The Morgan fingerprint density at radius 1 is 1.40 bits per heavy atom. The van der Waals surface area contributed by atoms with Crippen LogP contribution in [0.25, 0.3) is 0 Å². The van der Waals surface area contributed by atoms with E-state index in [0.29, 0.717) is 0 Å². The van der Waals surface area contributed by atoms with Gasteiger partial charge in [-0.3, -0.25) is 0 Å². The fourth-order valence-electron chi connectivity index (χ4n) is 1.67. The lowest BCUT2D eigenvalue weighted by atomic mass is 10.0. The van der Waals surface area contributed by atoms with Gasteiger partial charge in [-0.25, -0.2) is 0 Å². The molecule has 58 valence electrons. The Balaban J connectivity index is 2.30. The molecule has 1 aliphatic carbocycles. The van der Waals surface area contributed by atoms with Crippen LogP contribution in [0.4, 0.5) is 0 Å². The minimum absolute atomic E-state index is 0.889. The quantitative estimate of drug-likeness (QED) is 0.521. The zero-order valence-corrected chi connectivity index (χ0v) is 7.41. The zero-order chi connectivity index (χ0) is 7.56. The van der Waals surface area contributed by atoms with Crippen molar-refractivity contribution in [3.63, 3.8) is 0 Å². The first-order valence-electron chi connectivity index (χ1n) is 4.50. The minimum Gasteiger partial charge on any atom is -0.0666 e. The Bertz CT molecular complexity index is 142. The number of allylic oxidation sites excluding steroid dienone is 2. The van der Waals surface area contributed by atoms with Gasteiger partial charge in [0.15, 0.2) is 0 Å². The molecule has 0 spiro atoms. The Morgan fingerprint density at radius 3 is 2.50 bits per heavy atom. The van der Waals surface area contributed by atoms with Crippen LogP contribution in [0.5, 0.6) is 0 Å². The number of hydrogen-bond donors (Lipinski definition) is 0. The highest BCUT2D eigenvalue weighted by molar-refractivity contribution is 5.36. The van der Waals surface area contributed by atoms with Gasteiger partial charge in [0.25, 0.3) is 0 Å². The van der Waals surface area contributed by atoms with Crippen molar-refractivity contribution in [3.8, 4) is 0 Å². The van der Waals surface area contributed by atoms with E-state index in [4.69, 9.17) is 0 Å². The van der Waals surface area contributed by atoms with Crippen LogP contribution in [0.2, 0.25) is 0 Å². The highest BCUT2D eigenvalue weighted by atomic mass is 14.3. The molecule has 0 saturated carbocycles. The zero-order valence-electron chi connectivity index (χ0n) is 7.41. The standard InChI is InChI=1S/C10H18/c1-4-6-8(3)10-7-9(10)5-2/h8H,4-7H2,1-3H3. The lowest BCUT2D eigenvalue weighted by Gasteiger charge is -2.02. The fraction of sp³-hybridized carbons (Fsp3) is 0.800. The molecule has 0 heteroatoms. The van der Waals surface area contributed by atoms with E-state index >= 15 is 0 Å². The molecule has 0 N–H and O–H groups in total. The first kappa shape index (κ1) is 7.84. The van der Waals surface area contributed by atoms with Crippen LogP contribution in [-0.2, 0) is 0 Å². The maximum Gasteiger partial charge on any atom is -0.0100 e. The summed E-state index contributed by atoms with van der Waals surface area (Å²) in [5.74, 6) is 0.889. The minimum atomic E-state index is 0.889. The second-order valence-corrected chi connectivity index (χ2v) is 3.35. The smallest absolute Gasteiger partial charge is 0.0100 e. The maximum absolute atomic E-state index is 2.36. The van der Waals surface area contributed by atoms with Crippen molar-refractivity contribution in [1.82, 2.24) is 0 Å². The molecule has 0 saturated heterocycles. The normalized spacial score (nSPS) is 19.5. The summed E-state index contributed by atoms with van der Waals surface area (Å²) in [7, 11) is 0. The Kier molecular flexibility index (Phi) is 2.53. The molecule has 1 rings (SSSR count). The Morgan fingerprint density at radius 2 is 2.10 bits per heavy atom. The van der Waals surface area contributed by atoms with Crippen molar-refractivity contribution >= 4 is 0 Å². The van der Waals surface area contributed by atoms with Crippen molar-refractivity contribution in [2.75, 3.05) is 0 Å². The van der Waals surface area contributed by atoms with E-state index < -0.39 is 0 Å². The summed E-state index contributed by atoms with van der Waals surface area (Å²) in [5, 5.41) is 0. The van der Waals surface area contributed by atoms with Gasteiger partial charge < -0.3 is 0 Å². The number of hydrogen-bond acceptors (Lipinski definition) is 0. The van der Waals surface area contributed by atoms with Gasteiger partial charge in [-0.15, -0.1) is 0 Å². The summed E-state index contributed by atoms with van der Waals surface area (Å²) in [6.07, 6.45) is 5.38. The molecular weight excluding hydrogens is 120 g/mol. The molecule has 0 radical (unpaired) electrons. The molecule has 0 aliphatic heterocycles. The van der Waals surface area contributed by atoms with Gasteiger partial charge in [0, 0.05) is 0 Å². The van der Waals surface area contributed by atoms with E-state index in [0.717, 1.165) is 5.92 Å². The Labute approximate surface area is 64.3 Å². The molecule has 0 bridgehead atoms. The van der Waals surface area contributed by atoms with Gasteiger partial charge in [0.1, 0.15) is 0 Å². The molecule has 0 nitrogen and oxygen atoms in total. The van der Waals surface area contributed by atoms with Crippen molar-refractivity contribution in [2.24, 2.45) is 5.92 Å². The fourth-order valence-corrected chi connectivity index (χ4v) is 1.67. The summed E-state index contributed by atoms with van der Waals surface area (Å²) >= 11 is 0. The molecule has 1 unspecified atom stereocenters. The number of rotatable bonds is 4. The predicted octanol–water partition coefficient (Wildman–Crippen LogP) is 3.53. The summed E-state index contributed by atoms with van der Waals surface area (Å²) in [5.41, 5.74) is 3.50. The molecule has 0 amide bonds. The van der Waals surface area contributed by atoms with Crippen molar-refractivity contribution in [2.45, 2.75) is 46.5 Å². The highest BCUT2D eigenvalue weighted by Crippen LogP contribution is 2.40. The largest absolute Gasteiger partial charge is 0.0666 e. The van der Waals surface area contributed by atoms with Gasteiger partial charge in [-0.1, -0.05) is 38.3 Å². The highest BCUT2D eigenvalue weighted by Gasteiger charge is 2.23. The van der Waals surface area contributed by atoms with Crippen LogP contribution in [0.3, 0.4) is 0 Å². The molecular formula is C10H18. The van der Waals surface area contributed by atoms with E-state index in [1.54, 1.807) is 11.1 Å². The van der Waals surface area contributed by atoms with Crippen molar-refractivity contribution < 1.29 is 0 Å². The van der Waals surface area contributed by atoms with Gasteiger partial charge in [0.05, 0.1) is 0 Å². The molecule has 0 aromatic rings. The third kappa shape index (κ3) is 1.62. The van der Waals surface area contributed by atoms with E-state index in [1.165, 1.54) is 25.7 Å². The molecule has 10 heavy (non-hydrogen) atoms. The summed E-state index contributed by atoms with van der Waals surface area (Å²) < 4.78 is 0. The third-order valence-electron chi connectivity index (χ3n) is 2.48. The SMILES string of the molecule is CCCC(C)C1=C(CC)C1. The van der Waals surface area contributed by atoms with Crippen LogP contribution in [0.1, 0.15) is 46.5 Å². The van der Waals surface area contributed by atoms with Crippen LogP contribution in [0, 0.1) is 5.92 Å². The van der Waals surface area contributed by atoms with Crippen molar-refractivity contribution in [3.05, 3.63) is 11.1 Å². The Hall–Kier alpha value is -0.260. The van der Waals surface area contributed by atoms with Gasteiger partial charge in [-0.05, 0) is 25.2 Å². The maximum atomic E-state index is 2.36. The predicted molar refractivity (Wildman–Crippen MR) is 46.0 cm³/mol. The molecule has 0 heterocycles. The first-order valence-corrected chi connectivity index (χ1v) is 4.50. The molecule has 0 aromatic heterocycles. The average molecular weight is 138 g/mol. The van der Waals surface area contributed by atoms with E-state index in [9.17, 15) is 0 Å². The van der Waals surface area contributed by atoms with Crippen LogP contribution < -0.4 is 0 Å². The van der Waals surface area contributed by atoms with Crippen LogP contribution in [0.15, 0.2) is 11.1 Å². The van der Waals surface area contributed by atoms with Crippen LogP contribution >= 0.6 is 0 Å². The third-order valence-corrected chi connectivity index (χ3v) is 2.48. The second kappa shape index (κ2) is 3.23. The summed E-state index contributed by atoms with van der Waals surface area (Å²) in [6.45, 7) is 6.90. The molecule has 0 aromatic carbocycles. The second-order valence-electron chi connectivity index (χ2n) is 3.35. The first-order chi connectivity index (χ1) is 4.79. The summed E-state index contributed by atoms with van der Waals surface area (Å²) in [6, 6.07) is 0. The molecule has 0 fully saturated rings. The van der Waals surface area contributed by atoms with E-state index in [-0.39, 0.29) is 0 Å². The lowest BCUT2D eigenvalue weighted by molar-refractivity contribution is 0.614. The summed E-state index contributed by atoms with van der Waals surface area (Å²) in [4.78, 5) is 0. The van der Waals surface area contributed by atoms with E-state index in [2.05, 4.69) is 20.8 Å². The average Bonchev–Trinajstić information content (AvgIpc) is 2.66. The lowest BCUT2D eigenvalue weighted by Crippen LogP contribution is -1.88. The van der Waals surface area contributed by atoms with Gasteiger partial charge >= 0.3 is 0 Å². The molecule has 1 atom stereocenters. The monoisotopic (exact) mass is 138 g/mol. The molecule has 1 aliphatic rings. The topological polar surface area (TPSA) is 0 Å². The van der Waals surface area contributed by atoms with Gasteiger partial charge in [-0.2, -0.15) is 0 Å². The van der Waals surface area contributed by atoms with Gasteiger partial charge in [0.2, 0.25) is 0 Å². The van der Waals surface area contributed by atoms with Crippen LogP contribution in [-0.4, -0.2) is 0 Å². The van der Waals surface area contributed by atoms with Crippen molar-refractivity contribution in [1.29, 1.82) is 0 Å².